The molecular weight excluding hydrogens is 316 g/mol. The van der Waals surface area contributed by atoms with Gasteiger partial charge in [-0.25, -0.2) is 0 Å². The monoisotopic (exact) mass is 346 g/mol. The molecule has 2 aliphatic rings. The van der Waals surface area contributed by atoms with E-state index in [1.54, 1.807) is 6.92 Å². The Balaban J connectivity index is 0.00000264. The number of rotatable bonds is 5. The Morgan fingerprint density at radius 1 is 1.09 bits per heavy atom. The van der Waals surface area contributed by atoms with Crippen molar-refractivity contribution in [1.82, 2.24) is 20.0 Å². The number of piperazine rings is 1. The molecule has 2 saturated heterocycles. The van der Waals surface area contributed by atoms with Crippen LogP contribution in [0.5, 0.6) is 0 Å². The first-order valence-corrected chi connectivity index (χ1v) is 8.60. The second-order valence-electron chi connectivity index (χ2n) is 6.34. The summed E-state index contributed by atoms with van der Waals surface area (Å²) in [6, 6.07) is 0.531. The van der Waals surface area contributed by atoms with Crippen molar-refractivity contribution in [3.05, 3.63) is 0 Å². The van der Waals surface area contributed by atoms with Gasteiger partial charge in [0.2, 0.25) is 11.8 Å². The molecule has 2 fully saturated rings. The number of carbonyl (C=O) groups excluding carboxylic acids is 2. The van der Waals surface area contributed by atoms with Crippen LogP contribution in [0.1, 0.15) is 33.1 Å². The van der Waals surface area contributed by atoms with Gasteiger partial charge >= 0.3 is 0 Å². The van der Waals surface area contributed by atoms with Gasteiger partial charge in [0.25, 0.3) is 0 Å². The molecule has 0 bridgehead atoms. The number of piperidine rings is 1. The molecule has 0 saturated carbocycles. The molecule has 0 unspecified atom stereocenters. The van der Waals surface area contributed by atoms with Crippen LogP contribution in [0.4, 0.5) is 0 Å². The van der Waals surface area contributed by atoms with E-state index in [0.29, 0.717) is 38.8 Å². The van der Waals surface area contributed by atoms with Gasteiger partial charge in [0.15, 0.2) is 0 Å². The molecule has 0 atom stereocenters. The first-order valence-electron chi connectivity index (χ1n) is 8.60. The standard InChI is InChI=1S/C16H30N4O2.ClH/c1-3-8-20(15-4-6-17-7-5-15)13-16(22)19-11-9-18(10-12-19)14(2)21;/h15,17H,3-13H2,1-2H3;1H. The van der Waals surface area contributed by atoms with Crippen LogP contribution in [0.2, 0.25) is 0 Å². The van der Waals surface area contributed by atoms with Crippen LogP contribution in [0.25, 0.3) is 0 Å². The Bertz CT molecular complexity index is 380. The lowest BCUT2D eigenvalue weighted by molar-refractivity contribution is -0.139. The zero-order valence-electron chi connectivity index (χ0n) is 14.4. The predicted molar refractivity (Wildman–Crippen MR) is 93.8 cm³/mol. The molecule has 134 valence electrons. The molecule has 0 aliphatic carbocycles. The summed E-state index contributed by atoms with van der Waals surface area (Å²) in [7, 11) is 0. The van der Waals surface area contributed by atoms with E-state index >= 15 is 0 Å². The second-order valence-corrected chi connectivity index (χ2v) is 6.34. The highest BCUT2D eigenvalue weighted by molar-refractivity contribution is 5.85. The fourth-order valence-corrected chi connectivity index (χ4v) is 3.39. The third-order valence-electron chi connectivity index (χ3n) is 4.75. The third kappa shape index (κ3) is 5.94. The van der Waals surface area contributed by atoms with Crippen LogP contribution in [0, 0.1) is 0 Å². The van der Waals surface area contributed by atoms with Gasteiger partial charge in [-0.3, -0.25) is 14.5 Å². The van der Waals surface area contributed by atoms with Gasteiger partial charge in [-0.05, 0) is 38.9 Å². The van der Waals surface area contributed by atoms with Crippen LogP contribution in [-0.2, 0) is 9.59 Å². The van der Waals surface area contributed by atoms with Crippen molar-refractivity contribution < 1.29 is 9.59 Å². The highest BCUT2D eigenvalue weighted by Gasteiger charge is 2.26. The Kier molecular flexibility index (Phi) is 8.87. The maximum absolute atomic E-state index is 12.6. The summed E-state index contributed by atoms with van der Waals surface area (Å²) in [5.41, 5.74) is 0. The van der Waals surface area contributed by atoms with E-state index in [1.807, 2.05) is 9.80 Å². The lowest BCUT2D eigenvalue weighted by Gasteiger charge is -2.38. The Labute approximate surface area is 146 Å². The van der Waals surface area contributed by atoms with E-state index in [9.17, 15) is 9.59 Å². The highest BCUT2D eigenvalue weighted by atomic mass is 35.5. The molecule has 2 aliphatic heterocycles. The van der Waals surface area contributed by atoms with Crippen molar-refractivity contribution in [3.8, 4) is 0 Å². The molecular formula is C16H31ClN4O2. The Morgan fingerprint density at radius 3 is 2.17 bits per heavy atom. The molecule has 0 radical (unpaired) electrons. The summed E-state index contributed by atoms with van der Waals surface area (Å²) in [6.07, 6.45) is 3.34. The van der Waals surface area contributed by atoms with Crippen molar-refractivity contribution in [2.45, 2.75) is 39.2 Å². The van der Waals surface area contributed by atoms with Crippen molar-refractivity contribution in [2.75, 3.05) is 52.4 Å². The minimum absolute atomic E-state index is 0. The average molecular weight is 347 g/mol. The lowest BCUT2D eigenvalue weighted by Crippen LogP contribution is -2.54. The molecule has 7 heteroatoms. The minimum atomic E-state index is 0. The fraction of sp³-hybridized carbons (Fsp3) is 0.875. The van der Waals surface area contributed by atoms with E-state index in [4.69, 9.17) is 0 Å². The van der Waals surface area contributed by atoms with E-state index in [1.165, 1.54) is 0 Å². The molecule has 1 N–H and O–H groups in total. The smallest absolute Gasteiger partial charge is 0.236 e. The van der Waals surface area contributed by atoms with Crippen LogP contribution >= 0.6 is 12.4 Å². The molecule has 0 aromatic heterocycles. The molecule has 0 aromatic rings. The predicted octanol–water partition coefficient (Wildman–Crippen LogP) is 0.563. The van der Waals surface area contributed by atoms with E-state index < -0.39 is 0 Å². The average Bonchev–Trinajstić information content (AvgIpc) is 2.55. The summed E-state index contributed by atoms with van der Waals surface area (Å²) < 4.78 is 0. The largest absolute Gasteiger partial charge is 0.339 e. The van der Waals surface area contributed by atoms with Gasteiger partial charge in [-0.1, -0.05) is 6.92 Å². The van der Waals surface area contributed by atoms with Crippen molar-refractivity contribution in [1.29, 1.82) is 0 Å². The number of hydrogen-bond donors (Lipinski definition) is 1. The van der Waals surface area contributed by atoms with Gasteiger partial charge in [-0.15, -0.1) is 12.4 Å². The van der Waals surface area contributed by atoms with Gasteiger partial charge in [-0.2, -0.15) is 0 Å². The summed E-state index contributed by atoms with van der Waals surface area (Å²) in [6.45, 7) is 10.1. The quantitative estimate of drug-likeness (QED) is 0.790. The van der Waals surface area contributed by atoms with Gasteiger partial charge in [0.1, 0.15) is 0 Å². The number of nitrogens with one attached hydrogen (secondary N) is 1. The van der Waals surface area contributed by atoms with Crippen LogP contribution < -0.4 is 5.32 Å². The first kappa shape index (κ1) is 20.2. The van der Waals surface area contributed by atoms with E-state index in [2.05, 4.69) is 17.1 Å². The number of halogens is 1. The molecule has 2 heterocycles. The highest BCUT2D eigenvalue weighted by Crippen LogP contribution is 2.13. The van der Waals surface area contributed by atoms with Gasteiger partial charge in [0.05, 0.1) is 6.54 Å². The Morgan fingerprint density at radius 2 is 1.65 bits per heavy atom. The SMILES string of the molecule is CCCN(CC(=O)N1CCN(C(C)=O)CC1)C1CCNCC1.Cl. The summed E-state index contributed by atoms with van der Waals surface area (Å²) >= 11 is 0. The summed E-state index contributed by atoms with van der Waals surface area (Å²) in [5.74, 6) is 0.324. The van der Waals surface area contributed by atoms with Crippen molar-refractivity contribution in [2.24, 2.45) is 0 Å². The van der Waals surface area contributed by atoms with Crippen LogP contribution in [0.15, 0.2) is 0 Å². The topological polar surface area (TPSA) is 55.9 Å². The molecule has 23 heavy (non-hydrogen) atoms. The molecule has 0 spiro atoms. The van der Waals surface area contributed by atoms with Crippen molar-refractivity contribution >= 4 is 24.2 Å². The van der Waals surface area contributed by atoms with Gasteiger partial charge < -0.3 is 15.1 Å². The number of hydrogen-bond acceptors (Lipinski definition) is 4. The zero-order chi connectivity index (χ0) is 15.9. The molecule has 2 amide bonds. The number of carbonyl (C=O) groups is 2. The lowest BCUT2D eigenvalue weighted by atomic mass is 10.0. The maximum Gasteiger partial charge on any atom is 0.236 e. The summed E-state index contributed by atoms with van der Waals surface area (Å²) in [4.78, 5) is 30.0. The Hall–Kier alpha value is -0.850. The second kappa shape index (κ2) is 10.1. The fourth-order valence-electron chi connectivity index (χ4n) is 3.39. The number of nitrogens with zero attached hydrogens (tertiary/aromatic N) is 3. The van der Waals surface area contributed by atoms with Gasteiger partial charge in [0, 0.05) is 39.1 Å². The molecule has 0 aromatic carbocycles. The van der Waals surface area contributed by atoms with Crippen LogP contribution in [-0.4, -0.2) is 84.9 Å². The molecule has 6 nitrogen and oxygen atoms in total. The van der Waals surface area contributed by atoms with E-state index in [0.717, 1.165) is 38.9 Å². The summed E-state index contributed by atoms with van der Waals surface area (Å²) in [5, 5.41) is 3.38. The third-order valence-corrected chi connectivity index (χ3v) is 4.75. The maximum atomic E-state index is 12.6. The normalized spacial score (nSPS) is 19.6. The van der Waals surface area contributed by atoms with E-state index in [-0.39, 0.29) is 24.2 Å². The minimum Gasteiger partial charge on any atom is -0.339 e. The van der Waals surface area contributed by atoms with Crippen molar-refractivity contribution in [3.63, 3.8) is 0 Å². The van der Waals surface area contributed by atoms with Crippen LogP contribution in [0.3, 0.4) is 0 Å². The zero-order valence-corrected chi connectivity index (χ0v) is 15.2. The molecule has 2 rings (SSSR count). The number of amides is 2. The first-order chi connectivity index (χ1) is 10.6.